The van der Waals surface area contributed by atoms with Crippen molar-refractivity contribution in [1.29, 1.82) is 0 Å². The van der Waals surface area contributed by atoms with Gasteiger partial charge in [-0.3, -0.25) is 0 Å². The summed E-state index contributed by atoms with van der Waals surface area (Å²) in [4.78, 5) is 0. The molecule has 0 aromatic heterocycles. The van der Waals surface area contributed by atoms with E-state index in [-0.39, 0.29) is 13.2 Å². The summed E-state index contributed by atoms with van der Waals surface area (Å²) in [5.74, 6) is 0. The molecule has 1 saturated carbocycles. The molecule has 0 aromatic carbocycles. The molecule has 0 amide bonds. The highest BCUT2D eigenvalue weighted by Crippen LogP contribution is 2.29. The van der Waals surface area contributed by atoms with E-state index in [1.807, 2.05) is 0 Å². The number of hydrogen-bond donors (Lipinski definition) is 3. The van der Waals surface area contributed by atoms with Gasteiger partial charge in [0.25, 0.3) is 10.2 Å². The van der Waals surface area contributed by atoms with E-state index in [4.69, 9.17) is 4.74 Å². The van der Waals surface area contributed by atoms with Gasteiger partial charge in [0.2, 0.25) is 0 Å². The fourth-order valence-corrected chi connectivity index (χ4v) is 3.21. The van der Waals surface area contributed by atoms with Crippen LogP contribution in [0.25, 0.3) is 0 Å². The maximum absolute atomic E-state index is 11.6. The van der Waals surface area contributed by atoms with E-state index in [1.54, 1.807) is 0 Å². The number of hydrogen-bond acceptors (Lipinski definition) is 4. The number of rotatable bonds is 7. The lowest BCUT2D eigenvalue weighted by atomic mass is 10.0. The smallest absolute Gasteiger partial charge is 0.277 e. The third-order valence-corrected chi connectivity index (χ3v) is 4.10. The zero-order valence-electron chi connectivity index (χ0n) is 9.53. The monoisotopic (exact) mass is 252 g/mol. The summed E-state index contributed by atoms with van der Waals surface area (Å²) in [6.07, 6.45) is 3.27. The zero-order chi connectivity index (χ0) is 12.1. The highest BCUT2D eigenvalue weighted by Gasteiger charge is 2.36. The molecule has 0 aromatic rings. The van der Waals surface area contributed by atoms with E-state index in [9.17, 15) is 13.5 Å². The first kappa shape index (κ1) is 13.9. The first-order valence-corrected chi connectivity index (χ1v) is 6.90. The topological polar surface area (TPSA) is 87.7 Å². The van der Waals surface area contributed by atoms with Crippen LogP contribution in [0.1, 0.15) is 25.7 Å². The van der Waals surface area contributed by atoms with Crippen LogP contribution >= 0.6 is 0 Å². The summed E-state index contributed by atoms with van der Waals surface area (Å²) in [5.41, 5.74) is -0.668. The van der Waals surface area contributed by atoms with Crippen molar-refractivity contribution >= 4 is 10.2 Å². The van der Waals surface area contributed by atoms with Crippen LogP contribution in [0.2, 0.25) is 0 Å². The summed E-state index contributed by atoms with van der Waals surface area (Å²) in [6.45, 7) is 0.401. The van der Waals surface area contributed by atoms with Crippen LogP contribution < -0.4 is 9.44 Å². The summed E-state index contributed by atoms with van der Waals surface area (Å²) in [5, 5.41) is 9.27. The van der Waals surface area contributed by atoms with Crippen molar-refractivity contribution in [2.24, 2.45) is 0 Å². The van der Waals surface area contributed by atoms with Gasteiger partial charge in [-0.2, -0.15) is 17.9 Å². The van der Waals surface area contributed by atoms with Crippen molar-refractivity contribution in [3.63, 3.8) is 0 Å². The fraction of sp³-hybridized carbons (Fsp3) is 1.00. The molecule has 0 saturated heterocycles. The molecule has 16 heavy (non-hydrogen) atoms. The first-order chi connectivity index (χ1) is 7.54. The Hall–Kier alpha value is -0.210. The van der Waals surface area contributed by atoms with Gasteiger partial charge in [0.05, 0.1) is 18.8 Å². The van der Waals surface area contributed by atoms with Crippen molar-refractivity contribution in [1.82, 2.24) is 9.44 Å². The highest BCUT2D eigenvalue weighted by atomic mass is 32.2. The highest BCUT2D eigenvalue weighted by molar-refractivity contribution is 7.87. The summed E-state index contributed by atoms with van der Waals surface area (Å²) >= 11 is 0. The second-order valence-corrected chi connectivity index (χ2v) is 5.64. The molecule has 0 bridgehead atoms. The third-order valence-electron chi connectivity index (χ3n) is 2.81. The number of methoxy groups -OCH3 is 1. The van der Waals surface area contributed by atoms with Crippen LogP contribution in [-0.2, 0) is 14.9 Å². The number of aliphatic hydroxyl groups is 1. The lowest BCUT2D eigenvalue weighted by molar-refractivity contribution is 0.184. The molecule has 0 atom stereocenters. The van der Waals surface area contributed by atoms with Gasteiger partial charge in [0.15, 0.2) is 0 Å². The first-order valence-electron chi connectivity index (χ1n) is 5.42. The normalized spacial score (nSPS) is 20.1. The Labute approximate surface area is 96.6 Å². The minimum atomic E-state index is -3.55. The van der Waals surface area contributed by atoms with Crippen LogP contribution in [0.5, 0.6) is 0 Å². The molecule has 1 fully saturated rings. The largest absolute Gasteiger partial charge is 0.394 e. The van der Waals surface area contributed by atoms with Crippen LogP contribution in [0, 0.1) is 0 Å². The van der Waals surface area contributed by atoms with Crippen LogP contribution in [0.15, 0.2) is 0 Å². The molecule has 3 N–H and O–H groups in total. The molecule has 1 aliphatic rings. The molecular weight excluding hydrogens is 232 g/mol. The maximum atomic E-state index is 11.6. The van der Waals surface area contributed by atoms with Crippen LogP contribution in [-0.4, -0.2) is 45.9 Å². The SMILES string of the molecule is COCCNS(=O)(=O)NC1(CO)CCCC1. The molecule has 0 radical (unpaired) electrons. The predicted octanol–water partition coefficient (Wildman–Crippen LogP) is -0.638. The fourth-order valence-electron chi connectivity index (χ4n) is 1.94. The molecule has 0 unspecified atom stereocenters. The predicted molar refractivity (Wildman–Crippen MR) is 60.2 cm³/mol. The van der Waals surface area contributed by atoms with Crippen LogP contribution in [0.3, 0.4) is 0 Å². The Morgan fingerprint density at radius 3 is 2.50 bits per heavy atom. The number of nitrogens with one attached hydrogen (secondary N) is 2. The average molecular weight is 252 g/mol. The maximum Gasteiger partial charge on any atom is 0.277 e. The molecule has 0 spiro atoms. The molecule has 7 heteroatoms. The summed E-state index contributed by atoms with van der Waals surface area (Å²) in [7, 11) is -2.04. The summed E-state index contributed by atoms with van der Waals surface area (Å²) < 4.78 is 32.9. The second kappa shape index (κ2) is 5.92. The van der Waals surface area contributed by atoms with Gasteiger partial charge in [-0.05, 0) is 12.8 Å². The van der Waals surface area contributed by atoms with Gasteiger partial charge < -0.3 is 9.84 Å². The van der Waals surface area contributed by atoms with Gasteiger partial charge in [-0.1, -0.05) is 12.8 Å². The molecule has 0 heterocycles. The Bertz CT molecular complexity index is 299. The van der Waals surface area contributed by atoms with Crippen molar-refractivity contribution in [3.05, 3.63) is 0 Å². The number of ether oxygens (including phenoxy) is 1. The van der Waals surface area contributed by atoms with Gasteiger partial charge in [0, 0.05) is 13.7 Å². The van der Waals surface area contributed by atoms with Crippen molar-refractivity contribution in [3.8, 4) is 0 Å². The van der Waals surface area contributed by atoms with E-state index >= 15 is 0 Å². The minimum Gasteiger partial charge on any atom is -0.394 e. The van der Waals surface area contributed by atoms with Gasteiger partial charge in [-0.25, -0.2) is 0 Å². The molecular formula is C9H20N2O4S. The third kappa shape index (κ3) is 3.99. The second-order valence-electron chi connectivity index (χ2n) is 4.14. The van der Waals surface area contributed by atoms with E-state index in [0.717, 1.165) is 12.8 Å². The lowest BCUT2D eigenvalue weighted by Gasteiger charge is -2.27. The van der Waals surface area contributed by atoms with Crippen molar-refractivity contribution in [2.75, 3.05) is 26.9 Å². The zero-order valence-corrected chi connectivity index (χ0v) is 10.3. The molecule has 96 valence electrons. The lowest BCUT2D eigenvalue weighted by Crippen LogP contribution is -2.53. The molecule has 0 aliphatic heterocycles. The van der Waals surface area contributed by atoms with E-state index in [1.165, 1.54) is 7.11 Å². The Balaban J connectivity index is 2.50. The quantitative estimate of drug-likeness (QED) is 0.526. The number of aliphatic hydroxyl groups excluding tert-OH is 1. The Kier molecular flexibility index (Phi) is 5.13. The van der Waals surface area contributed by atoms with Crippen LogP contribution in [0.4, 0.5) is 0 Å². The van der Waals surface area contributed by atoms with Gasteiger partial charge >= 0.3 is 0 Å². The summed E-state index contributed by atoms with van der Waals surface area (Å²) in [6, 6.07) is 0. The van der Waals surface area contributed by atoms with Crippen molar-refractivity contribution in [2.45, 2.75) is 31.2 Å². The Morgan fingerprint density at radius 1 is 1.38 bits per heavy atom. The van der Waals surface area contributed by atoms with Gasteiger partial charge in [-0.15, -0.1) is 0 Å². The van der Waals surface area contributed by atoms with E-state index < -0.39 is 15.7 Å². The molecule has 1 rings (SSSR count). The standard InChI is InChI=1S/C9H20N2O4S/c1-15-7-6-10-16(13,14)11-9(8-12)4-2-3-5-9/h10-12H,2-8H2,1H3. The van der Waals surface area contributed by atoms with E-state index in [2.05, 4.69) is 9.44 Å². The average Bonchev–Trinajstić information content (AvgIpc) is 2.66. The minimum absolute atomic E-state index is 0.155. The Morgan fingerprint density at radius 2 is 2.00 bits per heavy atom. The van der Waals surface area contributed by atoms with Crippen molar-refractivity contribution < 1.29 is 18.3 Å². The molecule has 6 nitrogen and oxygen atoms in total. The molecule has 1 aliphatic carbocycles. The van der Waals surface area contributed by atoms with Gasteiger partial charge in [0.1, 0.15) is 0 Å². The van der Waals surface area contributed by atoms with E-state index in [0.29, 0.717) is 19.4 Å².